The van der Waals surface area contributed by atoms with Crippen molar-refractivity contribution in [1.82, 2.24) is 24.5 Å². The Balaban J connectivity index is -0.0000000802. The highest BCUT2D eigenvalue weighted by Crippen LogP contribution is 2.24. The number of rotatable bonds is 6. The molecule has 0 atom stereocenters. The van der Waals surface area contributed by atoms with Crippen molar-refractivity contribution in [2.45, 2.75) is 164 Å². The van der Waals surface area contributed by atoms with Crippen LogP contribution >= 0.6 is 0 Å². The Hall–Kier alpha value is -0.200. The molecule has 0 radical (unpaired) electrons. The third kappa shape index (κ3) is 34.7. The van der Waals surface area contributed by atoms with E-state index in [1.165, 1.54) is 58.5 Å². The van der Waals surface area contributed by atoms with Gasteiger partial charge in [-0.1, -0.05) is 85.6 Å². The van der Waals surface area contributed by atoms with Crippen molar-refractivity contribution < 1.29 is 0 Å². The van der Waals surface area contributed by atoms with E-state index in [0.717, 1.165) is 12.0 Å². The molecule has 2 aliphatic heterocycles. The largest absolute Gasteiger partial charge is 0.309 e. The van der Waals surface area contributed by atoms with Crippen LogP contribution in [-0.4, -0.2) is 123 Å². The molecule has 0 aromatic heterocycles. The molecule has 0 aromatic carbocycles. The lowest BCUT2D eigenvalue weighted by Crippen LogP contribution is -2.63. The fourth-order valence-electron chi connectivity index (χ4n) is 4.06. The first-order valence-electron chi connectivity index (χ1n) is 15.7. The monoisotopic (exact) mass is 636 g/mol. The Morgan fingerprint density at radius 3 is 1.00 bits per heavy atom. The Morgan fingerprint density at radius 2 is 0.818 bits per heavy atom. The Labute approximate surface area is 285 Å². The number of likely N-dealkylation sites (tertiary alicyclic amines) is 2. The zero-order valence-corrected chi connectivity index (χ0v) is 30.8. The molecule has 5 heteroatoms. The Kier molecular flexibility index (Phi) is 34.8. The maximum atomic E-state index is 2.51. The van der Waals surface area contributed by atoms with E-state index in [0.29, 0.717) is 21.9 Å². The Bertz CT molecular complexity index is 584. The SMILES string of the molecule is C.C.C.C.C.CC1CN(C(C)(C)C)C1.CN(C)C1CN(C(C)(C)C)C1.CN(C)CCC(C)(C)C.CN(C)CCCC(C)(C)C. The lowest BCUT2D eigenvalue weighted by Gasteiger charge is -2.49. The minimum Gasteiger partial charge on any atom is -0.309 e. The molecule has 0 saturated carbocycles. The van der Waals surface area contributed by atoms with Crippen LogP contribution in [0, 0.1) is 16.7 Å². The summed E-state index contributed by atoms with van der Waals surface area (Å²) in [5.41, 5.74) is 1.78. The second-order valence-electron chi connectivity index (χ2n) is 17.5. The number of hydrogen-bond acceptors (Lipinski definition) is 5. The molecule has 2 heterocycles. The van der Waals surface area contributed by atoms with Crippen molar-refractivity contribution in [2.75, 3.05) is 81.6 Å². The molecule has 0 amide bonds. The van der Waals surface area contributed by atoms with Crippen molar-refractivity contribution in [3.8, 4) is 0 Å². The predicted molar refractivity (Wildman–Crippen MR) is 213 cm³/mol. The summed E-state index contributed by atoms with van der Waals surface area (Å²) in [6.07, 6.45) is 3.92. The molecule has 0 unspecified atom stereocenters. The molecule has 5 nitrogen and oxygen atoms in total. The highest BCUT2D eigenvalue weighted by atomic mass is 15.3. The predicted octanol–water partition coefficient (Wildman–Crippen LogP) is 10.3. The van der Waals surface area contributed by atoms with E-state index in [1.54, 1.807) is 0 Å². The van der Waals surface area contributed by atoms with Gasteiger partial charge in [-0.2, -0.15) is 0 Å². The molecule has 0 bridgehead atoms. The molecule has 2 rings (SSSR count). The van der Waals surface area contributed by atoms with Crippen LogP contribution < -0.4 is 0 Å². The molecule has 0 aromatic rings. The molecule has 0 spiro atoms. The summed E-state index contributed by atoms with van der Waals surface area (Å²) in [4.78, 5) is 11.8. The van der Waals surface area contributed by atoms with E-state index in [9.17, 15) is 0 Å². The highest BCUT2D eigenvalue weighted by molar-refractivity contribution is 4.92. The summed E-state index contributed by atoms with van der Waals surface area (Å²) in [6.45, 7) is 37.1. The van der Waals surface area contributed by atoms with Gasteiger partial charge in [-0.15, -0.1) is 0 Å². The van der Waals surface area contributed by atoms with Gasteiger partial charge in [0.15, 0.2) is 0 Å². The first-order chi connectivity index (χ1) is 17.2. The minimum atomic E-state index is 0. The van der Waals surface area contributed by atoms with Gasteiger partial charge in [0.2, 0.25) is 0 Å². The van der Waals surface area contributed by atoms with Crippen molar-refractivity contribution in [2.24, 2.45) is 16.7 Å². The fraction of sp³-hybridized carbons (Fsp3) is 1.00. The molecule has 2 saturated heterocycles. The average Bonchev–Trinajstić information content (AvgIpc) is 2.60. The summed E-state index contributed by atoms with van der Waals surface area (Å²) < 4.78 is 0. The van der Waals surface area contributed by atoms with Gasteiger partial charge in [-0.3, -0.25) is 9.80 Å². The van der Waals surface area contributed by atoms with Crippen LogP contribution in [0.3, 0.4) is 0 Å². The van der Waals surface area contributed by atoms with Gasteiger partial charge >= 0.3 is 0 Å². The third-order valence-corrected chi connectivity index (χ3v) is 7.40. The summed E-state index contributed by atoms with van der Waals surface area (Å²) in [5, 5.41) is 0. The van der Waals surface area contributed by atoms with E-state index < -0.39 is 0 Å². The van der Waals surface area contributed by atoms with Crippen molar-refractivity contribution in [1.29, 1.82) is 0 Å². The van der Waals surface area contributed by atoms with Gasteiger partial charge in [0.25, 0.3) is 0 Å². The molecule has 0 N–H and O–H groups in total. The zero-order chi connectivity index (χ0) is 31.4. The van der Waals surface area contributed by atoms with E-state index >= 15 is 0 Å². The van der Waals surface area contributed by atoms with Crippen molar-refractivity contribution in [3.63, 3.8) is 0 Å². The number of nitrogens with zero attached hydrogens (tertiary/aromatic N) is 5. The van der Waals surface area contributed by atoms with Gasteiger partial charge < -0.3 is 14.7 Å². The van der Waals surface area contributed by atoms with Gasteiger partial charge in [0.1, 0.15) is 0 Å². The molecular formula is C39H97N5. The first-order valence-corrected chi connectivity index (χ1v) is 15.7. The molecule has 2 fully saturated rings. The lowest BCUT2D eigenvalue weighted by atomic mass is 9.90. The van der Waals surface area contributed by atoms with Crippen LogP contribution in [0.4, 0.5) is 0 Å². The first kappa shape index (κ1) is 59.2. The second kappa shape index (κ2) is 25.8. The van der Waals surface area contributed by atoms with Crippen LogP contribution in [0.25, 0.3) is 0 Å². The average molecular weight is 636 g/mol. The zero-order valence-electron chi connectivity index (χ0n) is 30.8. The lowest BCUT2D eigenvalue weighted by molar-refractivity contribution is -0.00401. The maximum absolute atomic E-state index is 2.51. The minimum absolute atomic E-state index is 0. The summed E-state index contributed by atoms with van der Waals surface area (Å²) in [6, 6.07) is 0.786. The van der Waals surface area contributed by atoms with Gasteiger partial charge in [-0.05, 0) is 133 Å². The van der Waals surface area contributed by atoms with E-state index in [-0.39, 0.29) is 37.1 Å². The van der Waals surface area contributed by atoms with Crippen molar-refractivity contribution >= 4 is 0 Å². The topological polar surface area (TPSA) is 16.2 Å². The second-order valence-corrected chi connectivity index (χ2v) is 17.5. The highest BCUT2D eigenvalue weighted by Gasteiger charge is 2.35. The van der Waals surface area contributed by atoms with Crippen LogP contribution in [0.15, 0.2) is 0 Å². The number of likely N-dealkylation sites (N-methyl/N-ethyl adjacent to an activating group) is 1. The quantitative estimate of drug-likeness (QED) is 0.288. The fourth-order valence-corrected chi connectivity index (χ4v) is 4.06. The Morgan fingerprint density at radius 1 is 0.500 bits per heavy atom. The van der Waals surface area contributed by atoms with Crippen LogP contribution in [0.2, 0.25) is 0 Å². The maximum Gasteiger partial charge on any atom is 0.0344 e. The molecule has 0 aliphatic carbocycles. The summed E-state index contributed by atoms with van der Waals surface area (Å²) in [7, 11) is 12.8. The summed E-state index contributed by atoms with van der Waals surface area (Å²) >= 11 is 0. The molecular weight excluding hydrogens is 538 g/mol. The van der Waals surface area contributed by atoms with Crippen LogP contribution in [-0.2, 0) is 0 Å². The van der Waals surface area contributed by atoms with Crippen LogP contribution in [0.1, 0.15) is 146 Å². The van der Waals surface area contributed by atoms with E-state index in [4.69, 9.17) is 0 Å². The normalized spacial score (nSPS) is 16.0. The third-order valence-electron chi connectivity index (χ3n) is 7.40. The van der Waals surface area contributed by atoms with Gasteiger partial charge in [0.05, 0.1) is 0 Å². The van der Waals surface area contributed by atoms with Gasteiger partial charge in [0, 0.05) is 43.3 Å². The summed E-state index contributed by atoms with van der Waals surface area (Å²) in [5.74, 6) is 0.934. The molecule has 278 valence electrons. The smallest absolute Gasteiger partial charge is 0.0344 e. The van der Waals surface area contributed by atoms with Gasteiger partial charge in [-0.25, -0.2) is 0 Å². The van der Waals surface area contributed by atoms with Crippen molar-refractivity contribution in [3.05, 3.63) is 0 Å². The number of hydrogen-bond donors (Lipinski definition) is 0. The van der Waals surface area contributed by atoms with E-state index in [1.807, 2.05) is 0 Å². The van der Waals surface area contributed by atoms with Crippen LogP contribution in [0.5, 0.6) is 0 Å². The molecule has 2 aliphatic rings. The van der Waals surface area contributed by atoms with E-state index in [2.05, 4.69) is 157 Å². The standard InChI is InChI=1S/C9H20N2.C9H21N.C8H17N.C8H19N.5CH4/c1-9(2,3)11-6-8(7-11)10(4)5;1-9(2,3)7-6-8-10(4)5;1-7-5-9(6-7)8(2,3)4;1-8(2,3)6-7-9(4)5;;;;;/h8H,6-7H2,1-5H3;6-8H2,1-5H3;7H,5-6H2,1-4H3;6-7H2,1-5H3;5*1H4. The molecule has 44 heavy (non-hydrogen) atoms.